The van der Waals surface area contributed by atoms with E-state index in [9.17, 15) is 4.79 Å². The lowest BCUT2D eigenvalue weighted by Gasteiger charge is -2.32. The highest BCUT2D eigenvalue weighted by Gasteiger charge is 2.46. The predicted octanol–water partition coefficient (Wildman–Crippen LogP) is 2.41. The quantitative estimate of drug-likeness (QED) is 0.729. The first kappa shape index (κ1) is 17.4. The van der Waals surface area contributed by atoms with E-state index >= 15 is 0 Å². The zero-order valence-corrected chi connectivity index (χ0v) is 13.8. The van der Waals surface area contributed by atoms with Crippen LogP contribution in [0.5, 0.6) is 0 Å². The molecule has 0 heterocycles. The number of ether oxygens (including phenoxy) is 1. The van der Waals surface area contributed by atoms with Crippen LogP contribution in [0.3, 0.4) is 0 Å². The van der Waals surface area contributed by atoms with Gasteiger partial charge in [0.2, 0.25) is 0 Å². The monoisotopic (exact) mass is 284 g/mol. The van der Waals surface area contributed by atoms with Crippen LogP contribution in [0, 0.1) is 11.8 Å². The minimum atomic E-state index is -0.752. The first-order valence-corrected chi connectivity index (χ1v) is 7.99. The average Bonchev–Trinajstić information content (AvgIpc) is 2.78. The number of rotatable bonds is 7. The van der Waals surface area contributed by atoms with E-state index in [1.807, 2.05) is 6.92 Å². The second-order valence-electron chi connectivity index (χ2n) is 6.60. The van der Waals surface area contributed by atoms with Crippen LogP contribution in [0.4, 0.5) is 0 Å². The number of nitrogens with two attached hydrogens (primary N) is 1. The molecule has 1 saturated carbocycles. The van der Waals surface area contributed by atoms with Gasteiger partial charge in [0.05, 0.1) is 6.61 Å². The molecule has 1 aliphatic carbocycles. The fraction of sp³-hybridized carbons (Fsp3) is 0.938. The maximum Gasteiger partial charge on any atom is 0.326 e. The zero-order chi connectivity index (χ0) is 15.3. The lowest BCUT2D eigenvalue weighted by atomic mass is 9.85. The molecule has 3 unspecified atom stereocenters. The minimum absolute atomic E-state index is 0.206. The van der Waals surface area contributed by atoms with Gasteiger partial charge >= 0.3 is 5.97 Å². The SMILES string of the molecule is CCOC(=O)C1(N)CCCC1CCN(C)C(C)C(C)C. The molecule has 4 heteroatoms. The molecule has 0 aromatic rings. The smallest absolute Gasteiger partial charge is 0.326 e. The van der Waals surface area contributed by atoms with Gasteiger partial charge in [0, 0.05) is 6.04 Å². The Balaban J connectivity index is 2.56. The second-order valence-corrected chi connectivity index (χ2v) is 6.60. The van der Waals surface area contributed by atoms with Crippen molar-refractivity contribution in [2.75, 3.05) is 20.2 Å². The Morgan fingerprint density at radius 1 is 1.45 bits per heavy atom. The van der Waals surface area contributed by atoms with Gasteiger partial charge in [-0.1, -0.05) is 20.3 Å². The van der Waals surface area contributed by atoms with E-state index in [0.29, 0.717) is 18.6 Å². The van der Waals surface area contributed by atoms with E-state index in [4.69, 9.17) is 10.5 Å². The van der Waals surface area contributed by atoms with Crippen molar-refractivity contribution in [1.29, 1.82) is 0 Å². The molecule has 20 heavy (non-hydrogen) atoms. The molecular formula is C16H32N2O2. The number of hydrogen-bond acceptors (Lipinski definition) is 4. The third-order valence-corrected chi connectivity index (χ3v) is 5.02. The van der Waals surface area contributed by atoms with Crippen molar-refractivity contribution in [3.05, 3.63) is 0 Å². The number of carbonyl (C=O) groups is 1. The molecule has 0 amide bonds. The van der Waals surface area contributed by atoms with Crippen molar-refractivity contribution in [3.8, 4) is 0 Å². The number of nitrogens with zero attached hydrogens (tertiary/aromatic N) is 1. The third kappa shape index (κ3) is 3.95. The Kier molecular flexibility index (Phi) is 6.46. The number of esters is 1. The van der Waals surface area contributed by atoms with Gasteiger partial charge in [-0.25, -0.2) is 0 Å². The molecule has 0 aromatic heterocycles. The number of hydrogen-bond donors (Lipinski definition) is 1. The summed E-state index contributed by atoms with van der Waals surface area (Å²) in [6.07, 6.45) is 3.81. The van der Waals surface area contributed by atoms with Crippen LogP contribution in [0.2, 0.25) is 0 Å². The van der Waals surface area contributed by atoms with Crippen LogP contribution < -0.4 is 5.73 Å². The molecule has 0 aromatic carbocycles. The van der Waals surface area contributed by atoms with E-state index in [1.165, 1.54) is 0 Å². The Labute approximate surface area is 124 Å². The summed E-state index contributed by atoms with van der Waals surface area (Å²) in [5.41, 5.74) is 5.61. The van der Waals surface area contributed by atoms with E-state index in [-0.39, 0.29) is 11.9 Å². The van der Waals surface area contributed by atoms with Crippen molar-refractivity contribution < 1.29 is 9.53 Å². The van der Waals surface area contributed by atoms with Crippen LogP contribution >= 0.6 is 0 Å². The van der Waals surface area contributed by atoms with Crippen molar-refractivity contribution in [3.63, 3.8) is 0 Å². The van der Waals surface area contributed by atoms with Crippen LogP contribution in [0.1, 0.15) is 53.4 Å². The highest BCUT2D eigenvalue weighted by Crippen LogP contribution is 2.37. The zero-order valence-electron chi connectivity index (χ0n) is 13.8. The maximum absolute atomic E-state index is 12.1. The van der Waals surface area contributed by atoms with Crippen LogP contribution in [-0.4, -0.2) is 42.6 Å². The molecule has 118 valence electrons. The molecule has 0 aliphatic heterocycles. The van der Waals surface area contributed by atoms with Gasteiger partial charge in [0.25, 0.3) is 0 Å². The van der Waals surface area contributed by atoms with Crippen molar-refractivity contribution in [2.45, 2.75) is 65.0 Å². The van der Waals surface area contributed by atoms with Gasteiger partial charge in [-0.2, -0.15) is 0 Å². The van der Waals surface area contributed by atoms with E-state index in [1.54, 1.807) is 0 Å². The summed E-state index contributed by atoms with van der Waals surface area (Å²) >= 11 is 0. The molecule has 4 nitrogen and oxygen atoms in total. The van der Waals surface area contributed by atoms with Gasteiger partial charge in [0.15, 0.2) is 0 Å². The third-order valence-electron chi connectivity index (χ3n) is 5.02. The summed E-state index contributed by atoms with van der Waals surface area (Å²) in [6.45, 7) is 9.96. The van der Waals surface area contributed by atoms with Crippen molar-refractivity contribution in [1.82, 2.24) is 4.90 Å². The molecule has 0 radical (unpaired) electrons. The van der Waals surface area contributed by atoms with Crippen LogP contribution in [-0.2, 0) is 9.53 Å². The topological polar surface area (TPSA) is 55.6 Å². The van der Waals surface area contributed by atoms with Crippen LogP contribution in [0.25, 0.3) is 0 Å². The minimum Gasteiger partial charge on any atom is -0.465 e. The van der Waals surface area contributed by atoms with Gasteiger partial charge in [-0.05, 0) is 58.5 Å². The highest BCUT2D eigenvalue weighted by molar-refractivity contribution is 5.81. The summed E-state index contributed by atoms with van der Waals surface area (Å²) in [7, 11) is 2.15. The van der Waals surface area contributed by atoms with E-state index in [2.05, 4.69) is 32.7 Å². The van der Waals surface area contributed by atoms with Gasteiger partial charge in [-0.3, -0.25) is 4.79 Å². The maximum atomic E-state index is 12.1. The summed E-state index contributed by atoms with van der Waals surface area (Å²) in [4.78, 5) is 14.5. The average molecular weight is 284 g/mol. The molecule has 1 aliphatic rings. The lowest BCUT2D eigenvalue weighted by molar-refractivity contribution is -0.151. The Morgan fingerprint density at radius 3 is 2.65 bits per heavy atom. The summed E-state index contributed by atoms with van der Waals surface area (Å²) in [6, 6.07) is 0.547. The fourth-order valence-electron chi connectivity index (χ4n) is 3.11. The molecule has 1 fully saturated rings. The standard InChI is InChI=1S/C16H32N2O2/c1-6-20-15(19)16(17)10-7-8-14(16)9-11-18(5)13(4)12(2)3/h12-14H,6-11,17H2,1-5H3. The lowest BCUT2D eigenvalue weighted by Crippen LogP contribution is -2.52. The Morgan fingerprint density at radius 2 is 2.10 bits per heavy atom. The fourth-order valence-corrected chi connectivity index (χ4v) is 3.11. The van der Waals surface area contributed by atoms with E-state index < -0.39 is 5.54 Å². The van der Waals surface area contributed by atoms with Gasteiger partial charge < -0.3 is 15.4 Å². The summed E-state index contributed by atoms with van der Waals surface area (Å²) < 4.78 is 5.17. The molecule has 0 bridgehead atoms. The molecule has 1 rings (SSSR count). The second kappa shape index (κ2) is 7.41. The molecular weight excluding hydrogens is 252 g/mol. The highest BCUT2D eigenvalue weighted by atomic mass is 16.5. The Hall–Kier alpha value is -0.610. The van der Waals surface area contributed by atoms with Gasteiger partial charge in [0.1, 0.15) is 5.54 Å². The number of carbonyl (C=O) groups excluding carboxylic acids is 1. The van der Waals surface area contributed by atoms with Crippen LogP contribution in [0.15, 0.2) is 0 Å². The van der Waals surface area contributed by atoms with Gasteiger partial charge in [-0.15, -0.1) is 0 Å². The summed E-state index contributed by atoms with van der Waals surface area (Å²) in [5, 5.41) is 0. The Bertz CT molecular complexity index is 320. The van der Waals surface area contributed by atoms with Crippen molar-refractivity contribution >= 4 is 5.97 Å². The largest absolute Gasteiger partial charge is 0.465 e. The molecule has 3 atom stereocenters. The molecule has 0 spiro atoms. The molecule has 2 N–H and O–H groups in total. The van der Waals surface area contributed by atoms with E-state index in [0.717, 1.165) is 32.2 Å². The van der Waals surface area contributed by atoms with Crippen molar-refractivity contribution in [2.24, 2.45) is 17.6 Å². The predicted molar refractivity (Wildman–Crippen MR) is 82.4 cm³/mol. The first-order valence-electron chi connectivity index (χ1n) is 7.99. The normalized spacial score (nSPS) is 28.1. The molecule has 0 saturated heterocycles. The first-order chi connectivity index (χ1) is 9.32. The summed E-state index contributed by atoms with van der Waals surface area (Å²) in [5.74, 6) is 0.682.